The number of halogens is 2. The summed E-state index contributed by atoms with van der Waals surface area (Å²) in [5.74, 6) is -0.666. The standard InChI is InChI=1S/C16H13Cl2N3O2/c1-9(22)20-21-15(11-7-6-10(17)8-13(11)18)19-14-5-3-2-4-12(14)16(21)23/h2-8,15,19H,1H3,(H,20,22)/t15-/m1/s1. The zero-order valence-corrected chi connectivity index (χ0v) is 13.7. The number of benzene rings is 2. The van der Waals surface area contributed by atoms with Crippen LogP contribution in [-0.4, -0.2) is 16.8 Å². The first-order valence-electron chi connectivity index (χ1n) is 6.88. The molecule has 0 saturated carbocycles. The molecular weight excluding hydrogens is 337 g/mol. The molecule has 0 unspecified atom stereocenters. The highest BCUT2D eigenvalue weighted by molar-refractivity contribution is 6.35. The van der Waals surface area contributed by atoms with Crippen LogP contribution in [-0.2, 0) is 4.79 Å². The molecule has 7 heteroatoms. The van der Waals surface area contributed by atoms with Gasteiger partial charge in [-0.3, -0.25) is 15.0 Å². The number of fused-ring (bicyclic) bond motifs is 1. The van der Waals surface area contributed by atoms with Gasteiger partial charge in [-0.25, -0.2) is 5.01 Å². The second kappa shape index (κ2) is 6.10. The van der Waals surface area contributed by atoms with Crippen LogP contribution in [0.1, 0.15) is 29.0 Å². The summed E-state index contributed by atoms with van der Waals surface area (Å²) in [7, 11) is 0. The molecule has 2 aromatic rings. The summed E-state index contributed by atoms with van der Waals surface area (Å²) >= 11 is 12.2. The normalized spacial score (nSPS) is 16.6. The molecule has 0 spiro atoms. The Hall–Kier alpha value is -2.24. The first-order chi connectivity index (χ1) is 11.0. The van der Waals surface area contributed by atoms with Gasteiger partial charge in [0.1, 0.15) is 6.17 Å². The van der Waals surface area contributed by atoms with E-state index in [2.05, 4.69) is 10.7 Å². The Morgan fingerprint density at radius 3 is 2.65 bits per heavy atom. The average Bonchev–Trinajstić information content (AvgIpc) is 2.50. The molecule has 0 aliphatic carbocycles. The van der Waals surface area contributed by atoms with E-state index in [1.54, 1.807) is 36.4 Å². The number of hydrazine groups is 1. The molecule has 2 N–H and O–H groups in total. The molecular formula is C16H13Cl2N3O2. The van der Waals surface area contributed by atoms with Crippen LogP contribution in [0.5, 0.6) is 0 Å². The number of carbonyl (C=O) groups excluding carboxylic acids is 2. The van der Waals surface area contributed by atoms with Crippen molar-refractivity contribution >= 4 is 40.7 Å². The molecule has 2 aromatic carbocycles. The van der Waals surface area contributed by atoms with Crippen LogP contribution in [0.4, 0.5) is 5.69 Å². The van der Waals surface area contributed by atoms with Crippen LogP contribution in [0, 0.1) is 0 Å². The fourth-order valence-corrected chi connectivity index (χ4v) is 2.99. The highest BCUT2D eigenvalue weighted by Crippen LogP contribution is 2.35. The maximum atomic E-state index is 12.7. The summed E-state index contributed by atoms with van der Waals surface area (Å²) in [6, 6.07) is 12.1. The molecule has 1 aliphatic rings. The zero-order valence-electron chi connectivity index (χ0n) is 12.1. The number of rotatable bonds is 2. The Morgan fingerprint density at radius 1 is 1.22 bits per heavy atom. The van der Waals surface area contributed by atoms with Crippen molar-refractivity contribution < 1.29 is 9.59 Å². The summed E-state index contributed by atoms with van der Waals surface area (Å²) in [5.41, 5.74) is 4.34. The topological polar surface area (TPSA) is 61.4 Å². The minimum absolute atomic E-state index is 0.314. The first kappa shape index (κ1) is 15.6. The summed E-state index contributed by atoms with van der Waals surface area (Å²) in [4.78, 5) is 24.2. The van der Waals surface area contributed by atoms with E-state index in [9.17, 15) is 9.59 Å². The van der Waals surface area contributed by atoms with Crippen molar-refractivity contribution in [2.24, 2.45) is 0 Å². The molecule has 1 atom stereocenters. The van der Waals surface area contributed by atoms with Crippen molar-refractivity contribution in [1.29, 1.82) is 0 Å². The quantitative estimate of drug-likeness (QED) is 0.870. The molecule has 0 saturated heterocycles. The Kier molecular flexibility index (Phi) is 4.15. The van der Waals surface area contributed by atoms with Crippen LogP contribution >= 0.6 is 23.2 Å². The van der Waals surface area contributed by atoms with Gasteiger partial charge < -0.3 is 5.32 Å². The van der Waals surface area contributed by atoms with Crippen molar-refractivity contribution in [2.75, 3.05) is 5.32 Å². The van der Waals surface area contributed by atoms with E-state index >= 15 is 0 Å². The Bertz CT molecular complexity index is 795. The summed E-state index contributed by atoms with van der Waals surface area (Å²) in [5, 5.41) is 5.35. The molecule has 1 heterocycles. The minimum Gasteiger partial charge on any atom is -0.359 e. The molecule has 0 radical (unpaired) electrons. The van der Waals surface area contributed by atoms with Crippen molar-refractivity contribution in [2.45, 2.75) is 13.1 Å². The number of nitrogens with one attached hydrogen (secondary N) is 2. The van der Waals surface area contributed by atoms with Gasteiger partial charge in [0.05, 0.1) is 5.56 Å². The molecule has 118 valence electrons. The lowest BCUT2D eigenvalue weighted by Gasteiger charge is -2.37. The predicted molar refractivity (Wildman–Crippen MR) is 89.3 cm³/mol. The Morgan fingerprint density at radius 2 is 1.96 bits per heavy atom. The van der Waals surface area contributed by atoms with E-state index < -0.39 is 6.17 Å². The van der Waals surface area contributed by atoms with Crippen LogP contribution in [0.15, 0.2) is 42.5 Å². The largest absolute Gasteiger partial charge is 0.359 e. The van der Waals surface area contributed by atoms with Gasteiger partial charge in [-0.15, -0.1) is 0 Å². The Balaban J connectivity index is 2.09. The van der Waals surface area contributed by atoms with E-state index in [1.807, 2.05) is 6.07 Å². The second-order valence-electron chi connectivity index (χ2n) is 5.10. The molecule has 2 amide bonds. The van der Waals surface area contributed by atoms with Gasteiger partial charge in [-0.05, 0) is 24.3 Å². The number of hydrogen-bond acceptors (Lipinski definition) is 3. The van der Waals surface area contributed by atoms with Gasteiger partial charge in [0.15, 0.2) is 0 Å². The average molecular weight is 350 g/mol. The van der Waals surface area contributed by atoms with Crippen molar-refractivity contribution in [3.63, 3.8) is 0 Å². The fraction of sp³-hybridized carbons (Fsp3) is 0.125. The smallest absolute Gasteiger partial charge is 0.276 e. The van der Waals surface area contributed by atoms with E-state index in [4.69, 9.17) is 23.2 Å². The van der Waals surface area contributed by atoms with E-state index in [-0.39, 0.29) is 11.8 Å². The molecule has 5 nitrogen and oxygen atoms in total. The number of para-hydroxylation sites is 1. The maximum absolute atomic E-state index is 12.7. The number of hydrogen-bond donors (Lipinski definition) is 2. The van der Waals surface area contributed by atoms with E-state index in [1.165, 1.54) is 11.9 Å². The van der Waals surface area contributed by atoms with Gasteiger partial charge in [-0.2, -0.15) is 0 Å². The molecule has 23 heavy (non-hydrogen) atoms. The van der Waals surface area contributed by atoms with Gasteiger partial charge in [-0.1, -0.05) is 41.4 Å². The first-order valence-corrected chi connectivity index (χ1v) is 7.64. The van der Waals surface area contributed by atoms with E-state index in [0.717, 1.165) is 0 Å². The summed E-state index contributed by atoms with van der Waals surface area (Å²) < 4.78 is 0. The fourth-order valence-electron chi connectivity index (χ4n) is 2.48. The third-order valence-electron chi connectivity index (χ3n) is 3.46. The van der Waals surface area contributed by atoms with Gasteiger partial charge >= 0.3 is 0 Å². The number of nitrogens with zero attached hydrogens (tertiary/aromatic N) is 1. The highest BCUT2D eigenvalue weighted by atomic mass is 35.5. The molecule has 3 rings (SSSR count). The third kappa shape index (κ3) is 2.98. The number of carbonyl (C=O) groups is 2. The minimum atomic E-state index is -0.633. The van der Waals surface area contributed by atoms with Crippen LogP contribution in [0.3, 0.4) is 0 Å². The van der Waals surface area contributed by atoms with Gasteiger partial charge in [0.2, 0.25) is 5.91 Å². The van der Waals surface area contributed by atoms with Crippen molar-refractivity contribution in [3.8, 4) is 0 Å². The molecule has 0 aromatic heterocycles. The van der Waals surface area contributed by atoms with Gasteiger partial charge in [0.25, 0.3) is 5.91 Å². The second-order valence-corrected chi connectivity index (χ2v) is 5.95. The van der Waals surface area contributed by atoms with Crippen molar-refractivity contribution in [3.05, 3.63) is 63.6 Å². The van der Waals surface area contributed by atoms with Crippen molar-refractivity contribution in [1.82, 2.24) is 10.4 Å². The summed E-state index contributed by atoms with van der Waals surface area (Å²) in [6.45, 7) is 1.34. The molecule has 1 aliphatic heterocycles. The van der Waals surface area contributed by atoms with Gasteiger partial charge in [0, 0.05) is 28.2 Å². The highest BCUT2D eigenvalue weighted by Gasteiger charge is 2.34. The van der Waals surface area contributed by atoms with Crippen LogP contribution < -0.4 is 10.7 Å². The molecule has 0 bridgehead atoms. The van der Waals surface area contributed by atoms with Crippen LogP contribution in [0.2, 0.25) is 10.0 Å². The molecule has 0 fully saturated rings. The predicted octanol–water partition coefficient (Wildman–Crippen LogP) is 3.61. The lowest BCUT2D eigenvalue weighted by molar-refractivity contribution is -0.123. The summed E-state index contributed by atoms with van der Waals surface area (Å²) in [6.07, 6.45) is -0.633. The maximum Gasteiger partial charge on any atom is 0.276 e. The SMILES string of the molecule is CC(=O)NN1C(=O)c2ccccc2N[C@H]1c1ccc(Cl)cc1Cl. The monoisotopic (exact) mass is 349 g/mol. The number of anilines is 1. The third-order valence-corrected chi connectivity index (χ3v) is 4.02. The van der Waals surface area contributed by atoms with Crippen LogP contribution in [0.25, 0.3) is 0 Å². The lowest BCUT2D eigenvalue weighted by Crippen LogP contribution is -2.52. The van der Waals surface area contributed by atoms with E-state index in [0.29, 0.717) is 26.9 Å². The zero-order chi connectivity index (χ0) is 16.6. The Labute approximate surface area is 143 Å². The lowest BCUT2D eigenvalue weighted by atomic mass is 10.0. The number of amides is 2.